The van der Waals surface area contributed by atoms with E-state index >= 15 is 0 Å². The van der Waals surface area contributed by atoms with Crippen molar-refractivity contribution in [1.29, 1.82) is 0 Å². The molecular formula is C21H22N2O3S. The molecule has 1 aromatic heterocycles. The number of nitrogens with zero attached hydrogens (tertiary/aromatic N) is 2. The SMILES string of the molecule is CN(C)C(=O)COC(=O)[C@@](C)(Cc1nc2ccccc2s1)c1ccccc1. The maximum atomic E-state index is 13.0. The van der Waals surface area contributed by atoms with E-state index < -0.39 is 11.4 Å². The number of aromatic nitrogens is 1. The highest BCUT2D eigenvalue weighted by Crippen LogP contribution is 2.33. The Morgan fingerprint density at radius 2 is 1.74 bits per heavy atom. The smallest absolute Gasteiger partial charge is 0.317 e. The molecular weight excluding hydrogens is 360 g/mol. The molecule has 5 nitrogen and oxygen atoms in total. The minimum Gasteiger partial charge on any atom is -0.455 e. The van der Waals surface area contributed by atoms with Gasteiger partial charge in [0.25, 0.3) is 5.91 Å². The van der Waals surface area contributed by atoms with Crippen molar-refractivity contribution < 1.29 is 14.3 Å². The number of rotatable bonds is 6. The fourth-order valence-electron chi connectivity index (χ4n) is 2.81. The van der Waals surface area contributed by atoms with Crippen LogP contribution in [0.2, 0.25) is 0 Å². The first-order chi connectivity index (χ1) is 12.9. The van der Waals surface area contributed by atoms with Crippen LogP contribution in [0.3, 0.4) is 0 Å². The predicted molar refractivity (Wildman–Crippen MR) is 107 cm³/mol. The Morgan fingerprint density at radius 1 is 1.07 bits per heavy atom. The number of carbonyl (C=O) groups is 2. The molecule has 3 rings (SSSR count). The number of thiazole rings is 1. The van der Waals surface area contributed by atoms with Gasteiger partial charge in [-0.05, 0) is 24.6 Å². The van der Waals surface area contributed by atoms with Crippen molar-refractivity contribution in [3.63, 3.8) is 0 Å². The van der Waals surface area contributed by atoms with E-state index in [9.17, 15) is 9.59 Å². The van der Waals surface area contributed by atoms with Crippen LogP contribution in [0.25, 0.3) is 10.2 Å². The lowest BCUT2D eigenvalue weighted by Gasteiger charge is -2.27. The summed E-state index contributed by atoms with van der Waals surface area (Å²) in [5, 5.41) is 0.860. The average Bonchev–Trinajstić information content (AvgIpc) is 3.08. The second-order valence-corrected chi connectivity index (χ2v) is 7.93. The highest BCUT2D eigenvalue weighted by molar-refractivity contribution is 7.18. The molecule has 0 spiro atoms. The van der Waals surface area contributed by atoms with Crippen LogP contribution in [0, 0.1) is 0 Å². The lowest BCUT2D eigenvalue weighted by atomic mass is 9.79. The number of hydrogen-bond acceptors (Lipinski definition) is 5. The molecule has 1 atom stereocenters. The lowest BCUT2D eigenvalue weighted by Crippen LogP contribution is -2.39. The number of likely N-dealkylation sites (N-methyl/N-ethyl adjacent to an activating group) is 1. The topological polar surface area (TPSA) is 59.5 Å². The molecule has 0 radical (unpaired) electrons. The van der Waals surface area contributed by atoms with Gasteiger partial charge < -0.3 is 9.64 Å². The highest BCUT2D eigenvalue weighted by atomic mass is 32.1. The van der Waals surface area contributed by atoms with Crippen LogP contribution in [-0.4, -0.2) is 42.5 Å². The number of carbonyl (C=O) groups excluding carboxylic acids is 2. The van der Waals surface area contributed by atoms with Gasteiger partial charge in [-0.3, -0.25) is 9.59 Å². The van der Waals surface area contributed by atoms with Crippen LogP contribution in [0.15, 0.2) is 54.6 Å². The predicted octanol–water partition coefficient (Wildman–Crippen LogP) is 3.43. The van der Waals surface area contributed by atoms with Crippen molar-refractivity contribution in [3.05, 3.63) is 65.2 Å². The molecule has 0 N–H and O–H groups in total. The number of fused-ring (bicyclic) bond motifs is 1. The summed E-state index contributed by atoms with van der Waals surface area (Å²) in [6, 6.07) is 17.4. The van der Waals surface area contributed by atoms with Crippen molar-refractivity contribution in [2.45, 2.75) is 18.8 Å². The molecule has 2 aromatic carbocycles. The first-order valence-corrected chi connectivity index (χ1v) is 9.49. The fourth-order valence-corrected chi connectivity index (χ4v) is 3.94. The minimum atomic E-state index is -0.929. The van der Waals surface area contributed by atoms with Gasteiger partial charge in [-0.2, -0.15) is 0 Å². The molecule has 1 heterocycles. The molecule has 1 amide bonds. The molecule has 6 heteroatoms. The van der Waals surface area contributed by atoms with Crippen LogP contribution in [-0.2, 0) is 26.2 Å². The van der Waals surface area contributed by atoms with Crippen LogP contribution in [0.4, 0.5) is 0 Å². The molecule has 0 bridgehead atoms. The van der Waals surface area contributed by atoms with Gasteiger partial charge >= 0.3 is 5.97 Å². The zero-order valence-electron chi connectivity index (χ0n) is 15.6. The monoisotopic (exact) mass is 382 g/mol. The third-order valence-corrected chi connectivity index (χ3v) is 5.57. The molecule has 0 aliphatic carbocycles. The zero-order valence-corrected chi connectivity index (χ0v) is 16.5. The molecule has 3 aromatic rings. The van der Waals surface area contributed by atoms with Gasteiger partial charge in [0.15, 0.2) is 6.61 Å². The van der Waals surface area contributed by atoms with Crippen molar-refractivity contribution in [3.8, 4) is 0 Å². The Morgan fingerprint density at radius 3 is 2.41 bits per heavy atom. The third kappa shape index (κ3) is 4.17. The number of ether oxygens (including phenoxy) is 1. The van der Waals surface area contributed by atoms with E-state index in [1.165, 1.54) is 4.90 Å². The number of esters is 1. The summed E-state index contributed by atoms with van der Waals surface area (Å²) >= 11 is 1.57. The Labute approximate surface area is 162 Å². The number of benzene rings is 2. The van der Waals surface area contributed by atoms with Gasteiger partial charge in [0, 0.05) is 20.5 Å². The molecule has 27 heavy (non-hydrogen) atoms. The third-order valence-electron chi connectivity index (χ3n) is 4.53. The van der Waals surface area contributed by atoms with Gasteiger partial charge in [-0.25, -0.2) is 4.98 Å². The second-order valence-electron chi connectivity index (χ2n) is 6.81. The summed E-state index contributed by atoms with van der Waals surface area (Å²) in [7, 11) is 3.27. The average molecular weight is 382 g/mol. The summed E-state index contributed by atoms with van der Waals surface area (Å²) in [6.45, 7) is 1.57. The quantitative estimate of drug-likeness (QED) is 0.613. The number of amides is 1. The molecule has 0 fully saturated rings. The van der Waals surface area contributed by atoms with E-state index in [1.807, 2.05) is 61.5 Å². The van der Waals surface area contributed by atoms with Gasteiger partial charge in [0.05, 0.1) is 20.6 Å². The standard InChI is InChI=1S/C21H22N2O3S/c1-21(15-9-5-4-6-10-15,20(25)26-14-19(24)23(2)3)13-18-22-16-11-7-8-12-17(16)27-18/h4-12H,13-14H2,1-3H3/t21-/m0/s1. The summed E-state index contributed by atoms with van der Waals surface area (Å²) in [5.41, 5.74) is 0.831. The normalized spacial score (nSPS) is 13.1. The summed E-state index contributed by atoms with van der Waals surface area (Å²) in [6.07, 6.45) is 0.408. The number of hydrogen-bond donors (Lipinski definition) is 0. The summed E-state index contributed by atoms with van der Waals surface area (Å²) in [5.74, 6) is -0.679. The van der Waals surface area contributed by atoms with Crippen molar-refractivity contribution in [2.75, 3.05) is 20.7 Å². The van der Waals surface area contributed by atoms with Crippen LogP contribution in [0.1, 0.15) is 17.5 Å². The maximum Gasteiger partial charge on any atom is 0.317 e. The minimum absolute atomic E-state index is 0.251. The summed E-state index contributed by atoms with van der Waals surface area (Å²) < 4.78 is 6.46. The first-order valence-electron chi connectivity index (χ1n) is 8.67. The van der Waals surface area contributed by atoms with Gasteiger partial charge in [0.2, 0.25) is 0 Å². The second kappa shape index (κ2) is 7.88. The molecule has 0 aliphatic heterocycles. The first kappa shape index (κ1) is 19.0. The van der Waals surface area contributed by atoms with Crippen molar-refractivity contribution >= 4 is 33.4 Å². The van der Waals surface area contributed by atoms with E-state index in [0.717, 1.165) is 20.8 Å². The van der Waals surface area contributed by atoms with Crippen molar-refractivity contribution in [1.82, 2.24) is 9.88 Å². The largest absolute Gasteiger partial charge is 0.455 e. The van der Waals surface area contributed by atoms with Gasteiger partial charge in [-0.15, -0.1) is 11.3 Å². The van der Waals surface area contributed by atoms with Crippen molar-refractivity contribution in [2.24, 2.45) is 0 Å². The van der Waals surface area contributed by atoms with E-state index in [2.05, 4.69) is 4.98 Å². The molecule has 0 unspecified atom stereocenters. The Hall–Kier alpha value is -2.73. The maximum absolute atomic E-state index is 13.0. The summed E-state index contributed by atoms with van der Waals surface area (Å²) in [4.78, 5) is 30.9. The molecule has 0 aliphatic rings. The molecule has 140 valence electrons. The van der Waals surface area contributed by atoms with E-state index in [0.29, 0.717) is 6.42 Å². The van der Waals surface area contributed by atoms with Gasteiger partial charge in [-0.1, -0.05) is 42.5 Å². The Kier molecular flexibility index (Phi) is 5.56. The van der Waals surface area contributed by atoms with E-state index in [-0.39, 0.29) is 12.5 Å². The molecule has 0 saturated carbocycles. The zero-order chi connectivity index (χ0) is 19.4. The highest BCUT2D eigenvalue weighted by Gasteiger charge is 2.38. The lowest BCUT2D eigenvalue weighted by molar-refractivity contribution is -0.156. The Bertz CT molecular complexity index is 919. The Balaban J connectivity index is 1.90. The number of para-hydroxylation sites is 1. The van der Waals surface area contributed by atoms with E-state index in [1.54, 1.807) is 25.4 Å². The van der Waals surface area contributed by atoms with E-state index in [4.69, 9.17) is 4.74 Å². The van der Waals surface area contributed by atoms with Crippen LogP contribution in [0.5, 0.6) is 0 Å². The van der Waals surface area contributed by atoms with Gasteiger partial charge in [0.1, 0.15) is 0 Å². The molecule has 0 saturated heterocycles. The van der Waals surface area contributed by atoms with Crippen LogP contribution >= 0.6 is 11.3 Å². The fraction of sp³-hybridized carbons (Fsp3) is 0.286. The van der Waals surface area contributed by atoms with Crippen LogP contribution < -0.4 is 0 Å².